The zero-order valence-electron chi connectivity index (χ0n) is 15.6. The number of rotatable bonds is 7. The molecule has 10 heteroatoms. The lowest BCUT2D eigenvalue weighted by molar-refractivity contribution is -0.117. The molecular weight excluding hydrogens is 431 g/mol. The van der Waals surface area contributed by atoms with E-state index >= 15 is 0 Å². The SMILES string of the molecule is Cc1nc(COc2ccc(C(=O)C(C#N)C(=O)Nc3ccc(Cl)cc3Cl)cc2)no1. The molecule has 152 valence electrons. The van der Waals surface area contributed by atoms with Gasteiger partial charge in [-0.25, -0.2) is 0 Å². The highest BCUT2D eigenvalue weighted by molar-refractivity contribution is 6.36. The maximum Gasteiger partial charge on any atom is 0.249 e. The number of Topliss-reactive ketones (excluding diaryl/α,β-unsaturated/α-hetero) is 1. The second-order valence-corrected chi connectivity index (χ2v) is 6.93. The van der Waals surface area contributed by atoms with Crippen molar-refractivity contribution in [2.45, 2.75) is 13.5 Å². The maximum absolute atomic E-state index is 12.6. The Balaban J connectivity index is 1.65. The molecule has 0 bridgehead atoms. The number of carbonyl (C=O) groups excluding carboxylic acids is 2. The van der Waals surface area contributed by atoms with E-state index in [9.17, 15) is 14.9 Å². The minimum Gasteiger partial charge on any atom is -0.485 e. The number of hydrogen-bond donors (Lipinski definition) is 1. The summed E-state index contributed by atoms with van der Waals surface area (Å²) in [7, 11) is 0. The zero-order chi connectivity index (χ0) is 21.7. The van der Waals surface area contributed by atoms with Crippen molar-refractivity contribution in [2.24, 2.45) is 5.92 Å². The van der Waals surface area contributed by atoms with Gasteiger partial charge in [0.2, 0.25) is 17.6 Å². The molecule has 1 amide bonds. The minimum absolute atomic E-state index is 0.0930. The van der Waals surface area contributed by atoms with E-state index in [1.165, 1.54) is 30.3 Å². The number of nitrogens with zero attached hydrogens (tertiary/aromatic N) is 3. The molecule has 0 saturated heterocycles. The summed E-state index contributed by atoms with van der Waals surface area (Å²) in [5.74, 6) is -1.73. The average Bonchev–Trinajstić information content (AvgIpc) is 3.14. The molecule has 1 aromatic heterocycles. The number of aryl methyl sites for hydroxylation is 1. The summed E-state index contributed by atoms with van der Waals surface area (Å²) >= 11 is 11.8. The van der Waals surface area contributed by atoms with Gasteiger partial charge < -0.3 is 14.6 Å². The first kappa shape index (κ1) is 21.3. The van der Waals surface area contributed by atoms with E-state index in [0.717, 1.165) is 0 Å². The molecule has 0 radical (unpaired) electrons. The first-order valence-corrected chi connectivity index (χ1v) is 9.35. The van der Waals surface area contributed by atoms with Crippen LogP contribution < -0.4 is 10.1 Å². The topological polar surface area (TPSA) is 118 Å². The molecule has 1 N–H and O–H groups in total. The fourth-order valence-electron chi connectivity index (χ4n) is 2.46. The molecular formula is C20H14Cl2N4O4. The fourth-order valence-corrected chi connectivity index (χ4v) is 2.92. The van der Waals surface area contributed by atoms with Gasteiger partial charge in [-0.1, -0.05) is 28.4 Å². The van der Waals surface area contributed by atoms with E-state index in [1.54, 1.807) is 25.1 Å². The van der Waals surface area contributed by atoms with Crippen molar-refractivity contribution in [3.63, 3.8) is 0 Å². The number of ether oxygens (including phenoxy) is 1. The van der Waals surface area contributed by atoms with Crippen molar-refractivity contribution >= 4 is 40.6 Å². The summed E-state index contributed by atoms with van der Waals surface area (Å²) < 4.78 is 10.4. The minimum atomic E-state index is -1.55. The number of benzene rings is 2. The first-order chi connectivity index (χ1) is 14.4. The second-order valence-electron chi connectivity index (χ2n) is 6.08. The Morgan fingerprint density at radius 2 is 1.97 bits per heavy atom. The van der Waals surface area contributed by atoms with Crippen LogP contribution in [0, 0.1) is 24.2 Å². The lowest BCUT2D eigenvalue weighted by Gasteiger charge is -2.11. The number of nitrogens with one attached hydrogen (secondary N) is 1. The van der Waals surface area contributed by atoms with Gasteiger partial charge in [0.1, 0.15) is 5.75 Å². The highest BCUT2D eigenvalue weighted by Crippen LogP contribution is 2.26. The van der Waals surface area contributed by atoms with Crippen LogP contribution in [0.25, 0.3) is 0 Å². The van der Waals surface area contributed by atoms with Crippen molar-refractivity contribution < 1.29 is 18.8 Å². The van der Waals surface area contributed by atoms with Crippen LogP contribution in [0.1, 0.15) is 22.1 Å². The van der Waals surface area contributed by atoms with Crippen LogP contribution in [0.15, 0.2) is 47.0 Å². The third-order valence-electron chi connectivity index (χ3n) is 3.92. The number of ketones is 1. The Morgan fingerprint density at radius 3 is 2.57 bits per heavy atom. The second kappa shape index (κ2) is 9.39. The summed E-state index contributed by atoms with van der Waals surface area (Å²) in [6, 6.07) is 12.2. The van der Waals surface area contributed by atoms with Crippen LogP contribution in [0.4, 0.5) is 5.69 Å². The van der Waals surface area contributed by atoms with Gasteiger partial charge in [-0.3, -0.25) is 9.59 Å². The Morgan fingerprint density at radius 1 is 1.23 bits per heavy atom. The summed E-state index contributed by atoms with van der Waals surface area (Å²) in [5, 5.41) is 16.1. The van der Waals surface area contributed by atoms with Gasteiger partial charge in [0.15, 0.2) is 18.3 Å². The third-order valence-corrected chi connectivity index (χ3v) is 4.47. The van der Waals surface area contributed by atoms with Crippen LogP contribution in [0.5, 0.6) is 5.75 Å². The lowest BCUT2D eigenvalue weighted by atomic mass is 9.98. The first-order valence-electron chi connectivity index (χ1n) is 8.59. The molecule has 0 aliphatic rings. The van der Waals surface area contributed by atoms with Crippen LogP contribution in [-0.4, -0.2) is 21.8 Å². The number of carbonyl (C=O) groups is 2. The average molecular weight is 445 g/mol. The standard InChI is InChI=1S/C20H14Cl2N4O4/c1-11-24-18(26-30-11)10-29-14-5-2-12(3-6-14)19(27)15(9-23)20(28)25-17-7-4-13(21)8-16(17)22/h2-8,15H,10H2,1H3,(H,25,28). The van der Waals surface area contributed by atoms with Crippen molar-refractivity contribution in [1.29, 1.82) is 5.26 Å². The van der Waals surface area contributed by atoms with Gasteiger partial charge in [-0.15, -0.1) is 0 Å². The number of hydrogen-bond acceptors (Lipinski definition) is 7. The Kier molecular flexibility index (Phi) is 6.67. The number of anilines is 1. The molecule has 0 aliphatic heterocycles. The molecule has 8 nitrogen and oxygen atoms in total. The number of amides is 1. The van der Waals surface area contributed by atoms with Crippen LogP contribution in [0.2, 0.25) is 10.0 Å². The number of aromatic nitrogens is 2. The van der Waals surface area contributed by atoms with Gasteiger partial charge in [0.05, 0.1) is 16.8 Å². The van der Waals surface area contributed by atoms with E-state index in [0.29, 0.717) is 22.5 Å². The van der Waals surface area contributed by atoms with E-state index in [1.807, 2.05) is 0 Å². The van der Waals surface area contributed by atoms with Crippen molar-refractivity contribution in [3.8, 4) is 11.8 Å². The molecule has 30 heavy (non-hydrogen) atoms. The molecule has 1 atom stereocenters. The predicted molar refractivity (Wildman–Crippen MR) is 108 cm³/mol. The van der Waals surface area contributed by atoms with E-state index in [4.69, 9.17) is 32.5 Å². The summed E-state index contributed by atoms with van der Waals surface area (Å²) in [6.07, 6.45) is 0. The summed E-state index contributed by atoms with van der Waals surface area (Å²) in [6.45, 7) is 1.76. The number of nitriles is 1. The Labute approximate surface area is 181 Å². The highest BCUT2D eigenvalue weighted by atomic mass is 35.5. The number of halogens is 2. The smallest absolute Gasteiger partial charge is 0.249 e. The monoisotopic (exact) mass is 444 g/mol. The molecule has 3 rings (SSSR count). The largest absolute Gasteiger partial charge is 0.485 e. The molecule has 0 aliphatic carbocycles. The highest BCUT2D eigenvalue weighted by Gasteiger charge is 2.28. The summed E-state index contributed by atoms with van der Waals surface area (Å²) in [4.78, 5) is 29.1. The maximum atomic E-state index is 12.6. The van der Waals surface area contributed by atoms with Gasteiger partial charge in [-0.2, -0.15) is 10.2 Å². The van der Waals surface area contributed by atoms with Crippen molar-refractivity contribution in [2.75, 3.05) is 5.32 Å². The Hall–Kier alpha value is -3.41. The molecule has 0 spiro atoms. The van der Waals surface area contributed by atoms with Gasteiger partial charge in [-0.05, 0) is 42.5 Å². The summed E-state index contributed by atoms with van der Waals surface area (Å²) in [5.41, 5.74) is 0.432. The quantitative estimate of drug-likeness (QED) is 0.427. The third kappa shape index (κ3) is 5.14. The molecule has 0 fully saturated rings. The Bertz CT molecular complexity index is 1120. The van der Waals surface area contributed by atoms with Crippen LogP contribution in [0.3, 0.4) is 0 Å². The lowest BCUT2D eigenvalue weighted by Crippen LogP contribution is -2.28. The van der Waals surface area contributed by atoms with Crippen LogP contribution >= 0.6 is 23.2 Å². The van der Waals surface area contributed by atoms with Gasteiger partial charge in [0.25, 0.3) is 0 Å². The van der Waals surface area contributed by atoms with Crippen molar-refractivity contribution in [3.05, 3.63) is 69.8 Å². The van der Waals surface area contributed by atoms with E-state index in [-0.39, 0.29) is 22.9 Å². The van der Waals surface area contributed by atoms with Gasteiger partial charge >= 0.3 is 0 Å². The molecule has 1 heterocycles. The van der Waals surface area contributed by atoms with Crippen molar-refractivity contribution in [1.82, 2.24) is 10.1 Å². The van der Waals surface area contributed by atoms with Crippen LogP contribution in [-0.2, 0) is 11.4 Å². The molecule has 1 unspecified atom stereocenters. The predicted octanol–water partition coefficient (Wildman–Crippen LogP) is 4.23. The fraction of sp³-hybridized carbons (Fsp3) is 0.150. The molecule has 2 aromatic carbocycles. The molecule has 3 aromatic rings. The normalized spacial score (nSPS) is 11.4. The molecule has 0 saturated carbocycles. The zero-order valence-corrected chi connectivity index (χ0v) is 17.1. The van der Waals surface area contributed by atoms with Gasteiger partial charge in [0, 0.05) is 17.5 Å². The van der Waals surface area contributed by atoms with E-state index in [2.05, 4.69) is 15.5 Å². The van der Waals surface area contributed by atoms with E-state index < -0.39 is 17.6 Å².